The van der Waals surface area contributed by atoms with E-state index in [-0.39, 0.29) is 12.4 Å². The number of fused-ring (bicyclic) bond motifs is 1. The van der Waals surface area contributed by atoms with Gasteiger partial charge in [-0.25, -0.2) is 9.78 Å². The zero-order valence-electron chi connectivity index (χ0n) is 16.7. The largest absolute Gasteiger partial charge is 0.497 e. The molecule has 0 unspecified atom stereocenters. The van der Waals surface area contributed by atoms with Crippen LogP contribution in [-0.4, -0.2) is 30.5 Å². The van der Waals surface area contributed by atoms with E-state index in [9.17, 15) is 9.59 Å². The highest BCUT2D eigenvalue weighted by Gasteiger charge is 2.17. The van der Waals surface area contributed by atoms with Gasteiger partial charge in [-0.15, -0.1) is 0 Å². The fourth-order valence-corrected chi connectivity index (χ4v) is 3.55. The second-order valence-electron chi connectivity index (χ2n) is 6.81. The number of aromatic nitrogens is 1. The van der Waals surface area contributed by atoms with Crippen molar-refractivity contribution in [2.75, 3.05) is 13.7 Å². The Labute approximate surface area is 187 Å². The zero-order valence-corrected chi connectivity index (χ0v) is 18.3. The summed E-state index contributed by atoms with van der Waals surface area (Å²) in [6, 6.07) is 23.4. The molecular weight excluding hydrogens is 458 g/mol. The summed E-state index contributed by atoms with van der Waals surface area (Å²) in [5.74, 6) is -0.110. The molecule has 0 spiro atoms. The highest BCUT2D eigenvalue weighted by Crippen LogP contribution is 2.28. The van der Waals surface area contributed by atoms with Gasteiger partial charge in [0.05, 0.1) is 23.9 Å². The van der Waals surface area contributed by atoms with E-state index in [4.69, 9.17) is 14.5 Å². The molecule has 0 atom stereocenters. The van der Waals surface area contributed by atoms with Crippen LogP contribution in [0.4, 0.5) is 0 Å². The first kappa shape index (κ1) is 20.8. The molecule has 4 rings (SSSR count). The molecule has 6 heteroatoms. The Morgan fingerprint density at radius 1 is 0.935 bits per heavy atom. The lowest BCUT2D eigenvalue weighted by atomic mass is 10.0. The van der Waals surface area contributed by atoms with Gasteiger partial charge < -0.3 is 9.47 Å². The molecule has 0 aliphatic heterocycles. The summed E-state index contributed by atoms with van der Waals surface area (Å²) in [5, 5.41) is 0.642. The van der Waals surface area contributed by atoms with Gasteiger partial charge in [0.1, 0.15) is 5.75 Å². The van der Waals surface area contributed by atoms with Gasteiger partial charge in [0.25, 0.3) is 0 Å². The number of benzene rings is 3. The predicted molar refractivity (Wildman–Crippen MR) is 122 cm³/mol. The van der Waals surface area contributed by atoms with Crippen molar-refractivity contribution in [2.45, 2.75) is 0 Å². The quantitative estimate of drug-likeness (QED) is 0.263. The Hall–Kier alpha value is -3.51. The van der Waals surface area contributed by atoms with Crippen LogP contribution < -0.4 is 4.74 Å². The van der Waals surface area contributed by atoms with Crippen LogP contribution in [0, 0.1) is 0 Å². The topological polar surface area (TPSA) is 65.5 Å². The molecule has 0 N–H and O–H groups in total. The number of nitrogens with zero attached hydrogens (tertiary/aromatic N) is 1. The van der Waals surface area contributed by atoms with Crippen LogP contribution in [0.3, 0.4) is 0 Å². The molecule has 0 aliphatic carbocycles. The van der Waals surface area contributed by atoms with E-state index in [1.807, 2.05) is 48.5 Å². The molecule has 0 fully saturated rings. The number of carbonyl (C=O) groups excluding carboxylic acids is 2. The summed E-state index contributed by atoms with van der Waals surface area (Å²) in [4.78, 5) is 30.0. The van der Waals surface area contributed by atoms with Crippen LogP contribution in [0.1, 0.15) is 20.7 Å². The number of hydrogen-bond donors (Lipinski definition) is 0. The Morgan fingerprint density at radius 3 is 2.39 bits per heavy atom. The first-order valence-corrected chi connectivity index (χ1v) is 10.3. The fraction of sp³-hybridized carbons (Fsp3) is 0.0800. The monoisotopic (exact) mass is 475 g/mol. The number of ether oxygens (including phenoxy) is 2. The van der Waals surface area contributed by atoms with Gasteiger partial charge in [0, 0.05) is 21.0 Å². The first-order valence-electron chi connectivity index (χ1n) is 9.55. The molecule has 3 aromatic carbocycles. The third kappa shape index (κ3) is 4.64. The van der Waals surface area contributed by atoms with Crippen molar-refractivity contribution in [3.8, 4) is 17.0 Å². The van der Waals surface area contributed by atoms with Crippen molar-refractivity contribution in [3.63, 3.8) is 0 Å². The molecule has 5 nitrogen and oxygen atoms in total. The zero-order chi connectivity index (χ0) is 21.8. The molecule has 0 saturated heterocycles. The minimum atomic E-state index is -0.579. The van der Waals surface area contributed by atoms with Gasteiger partial charge in [0.2, 0.25) is 0 Å². The van der Waals surface area contributed by atoms with Gasteiger partial charge >= 0.3 is 5.97 Å². The number of esters is 1. The molecule has 154 valence electrons. The molecule has 0 amide bonds. The maximum atomic E-state index is 13.0. The van der Waals surface area contributed by atoms with E-state index >= 15 is 0 Å². The molecule has 1 heterocycles. The van der Waals surface area contributed by atoms with Gasteiger partial charge in [-0.05, 0) is 48.5 Å². The number of carbonyl (C=O) groups is 2. The number of rotatable bonds is 6. The molecular formula is C25H18BrNO4. The van der Waals surface area contributed by atoms with E-state index in [1.54, 1.807) is 37.4 Å². The number of halogens is 1. The minimum absolute atomic E-state index is 0.260. The van der Waals surface area contributed by atoms with Crippen molar-refractivity contribution < 1.29 is 19.1 Å². The van der Waals surface area contributed by atoms with Crippen molar-refractivity contribution >= 4 is 38.6 Å². The summed E-state index contributed by atoms with van der Waals surface area (Å²) >= 11 is 3.44. The van der Waals surface area contributed by atoms with Crippen molar-refractivity contribution in [1.82, 2.24) is 4.98 Å². The van der Waals surface area contributed by atoms with Crippen LogP contribution in [0.25, 0.3) is 22.2 Å². The van der Waals surface area contributed by atoms with E-state index in [0.29, 0.717) is 27.7 Å². The Morgan fingerprint density at radius 2 is 1.68 bits per heavy atom. The smallest absolute Gasteiger partial charge is 0.339 e. The third-order valence-electron chi connectivity index (χ3n) is 4.81. The number of hydrogen-bond acceptors (Lipinski definition) is 5. The average Bonchev–Trinajstić information content (AvgIpc) is 2.82. The van der Waals surface area contributed by atoms with E-state index in [2.05, 4.69) is 15.9 Å². The lowest BCUT2D eigenvalue weighted by molar-refractivity contribution is 0.0476. The van der Waals surface area contributed by atoms with Gasteiger partial charge in [0.15, 0.2) is 12.4 Å². The van der Waals surface area contributed by atoms with E-state index in [1.165, 1.54) is 0 Å². The highest BCUT2D eigenvalue weighted by molar-refractivity contribution is 9.10. The molecule has 1 aromatic heterocycles. The number of methoxy groups -OCH3 is 1. The van der Waals surface area contributed by atoms with Gasteiger partial charge in [-0.2, -0.15) is 0 Å². The van der Waals surface area contributed by atoms with E-state index in [0.717, 1.165) is 15.8 Å². The summed E-state index contributed by atoms with van der Waals surface area (Å²) in [7, 11) is 1.60. The van der Waals surface area contributed by atoms with Crippen LogP contribution in [0.5, 0.6) is 5.75 Å². The minimum Gasteiger partial charge on any atom is -0.497 e. The fourth-order valence-electron chi connectivity index (χ4n) is 3.19. The number of ketones is 1. The van der Waals surface area contributed by atoms with Crippen LogP contribution in [0.15, 0.2) is 83.3 Å². The highest BCUT2D eigenvalue weighted by atomic mass is 79.9. The average molecular weight is 476 g/mol. The summed E-state index contributed by atoms with van der Waals surface area (Å²) < 4.78 is 11.4. The van der Waals surface area contributed by atoms with E-state index < -0.39 is 5.97 Å². The summed E-state index contributed by atoms with van der Waals surface area (Å²) in [6.07, 6.45) is 0. The maximum absolute atomic E-state index is 13.0. The van der Waals surface area contributed by atoms with Gasteiger partial charge in [-0.1, -0.05) is 46.3 Å². The van der Waals surface area contributed by atoms with Crippen molar-refractivity contribution in [2.24, 2.45) is 0 Å². The van der Waals surface area contributed by atoms with Crippen molar-refractivity contribution in [1.29, 1.82) is 0 Å². The van der Waals surface area contributed by atoms with Crippen LogP contribution in [-0.2, 0) is 4.74 Å². The molecule has 4 aromatic rings. The Bertz CT molecular complexity index is 1250. The van der Waals surface area contributed by atoms with Gasteiger partial charge in [-0.3, -0.25) is 4.79 Å². The SMILES string of the molecule is COc1ccc(-c2cc(C(=O)OCC(=O)c3ccccc3)c3cc(Br)ccc3n2)cc1. The molecule has 31 heavy (non-hydrogen) atoms. The standard InChI is InChI=1S/C25H18BrNO4/c1-30-19-10-7-16(8-11-19)23-14-21(20-13-18(26)9-12-22(20)27-23)25(29)31-15-24(28)17-5-3-2-4-6-17/h2-14H,15H2,1H3. The normalized spacial score (nSPS) is 10.6. The summed E-state index contributed by atoms with van der Waals surface area (Å²) in [5.41, 5.74) is 2.95. The van der Waals surface area contributed by atoms with Crippen molar-refractivity contribution in [3.05, 3.63) is 94.5 Å². The summed E-state index contributed by atoms with van der Waals surface area (Å²) in [6.45, 7) is -0.335. The predicted octanol–water partition coefficient (Wildman–Crippen LogP) is 5.71. The third-order valence-corrected chi connectivity index (χ3v) is 5.30. The Kier molecular flexibility index (Phi) is 6.09. The Balaban J connectivity index is 1.68. The molecule has 0 bridgehead atoms. The van der Waals surface area contributed by atoms with Crippen LogP contribution >= 0.6 is 15.9 Å². The second kappa shape index (κ2) is 9.10. The lowest BCUT2D eigenvalue weighted by Gasteiger charge is -2.11. The lowest BCUT2D eigenvalue weighted by Crippen LogP contribution is -2.15. The molecule has 0 aliphatic rings. The second-order valence-corrected chi connectivity index (χ2v) is 7.73. The maximum Gasteiger partial charge on any atom is 0.339 e. The van der Waals surface area contributed by atoms with Crippen LogP contribution in [0.2, 0.25) is 0 Å². The molecule has 0 saturated carbocycles. The number of Topliss-reactive ketones (excluding diaryl/α,β-unsaturated/α-hetero) is 1. The molecule has 0 radical (unpaired) electrons. The number of pyridine rings is 1. The first-order chi connectivity index (χ1) is 15.0.